The van der Waals surface area contributed by atoms with Crippen molar-refractivity contribution in [3.05, 3.63) is 10.2 Å². The Balaban J connectivity index is 2.05. The number of carbonyl (C=O) groups excluding carboxylic acids is 3. The molecule has 30 heavy (non-hydrogen) atoms. The maximum atomic E-state index is 11.8. The lowest BCUT2D eigenvalue weighted by Gasteiger charge is -2.23. The number of anilines is 1. The van der Waals surface area contributed by atoms with Gasteiger partial charge in [-0.25, -0.2) is 15.0 Å². The van der Waals surface area contributed by atoms with E-state index in [1.165, 1.54) is 27.1 Å². The first-order valence-corrected chi connectivity index (χ1v) is 10.00. The maximum absolute atomic E-state index is 11.8. The van der Waals surface area contributed by atoms with Crippen molar-refractivity contribution in [2.45, 2.75) is 45.3 Å². The van der Waals surface area contributed by atoms with E-state index in [9.17, 15) is 14.4 Å². The Kier molecular flexibility index (Phi) is 6.70. The fourth-order valence-corrected chi connectivity index (χ4v) is 3.64. The van der Waals surface area contributed by atoms with Crippen molar-refractivity contribution in [2.24, 2.45) is 0 Å². The minimum absolute atomic E-state index is 0.192. The second-order valence-corrected chi connectivity index (χ2v) is 7.40. The summed E-state index contributed by atoms with van der Waals surface area (Å²) in [4.78, 5) is 47.7. The van der Waals surface area contributed by atoms with Crippen LogP contribution in [0.1, 0.15) is 27.0 Å². The van der Waals surface area contributed by atoms with Crippen LogP contribution in [-0.4, -0.2) is 69.4 Å². The molecule has 1 N–H and O–H groups in total. The van der Waals surface area contributed by atoms with Crippen LogP contribution in [0.4, 0.5) is 5.82 Å². The fraction of sp³-hybridized carbons (Fsp3) is 0.529. The molecule has 162 valence electrons. The average Bonchev–Trinajstić information content (AvgIpc) is 3.20. The molecule has 1 saturated heterocycles. The number of carbonyl (C=O) groups is 3. The zero-order valence-electron chi connectivity index (χ0n) is 16.6. The lowest BCUT2D eigenvalue weighted by atomic mass is 10.1. The van der Waals surface area contributed by atoms with Crippen LogP contribution in [0.15, 0.2) is 6.33 Å². The minimum Gasteiger partial charge on any atom is -0.463 e. The van der Waals surface area contributed by atoms with Gasteiger partial charge < -0.3 is 24.3 Å². The molecule has 1 aliphatic rings. The number of nitrogens with zero attached hydrogens (tertiary/aromatic N) is 4. The van der Waals surface area contributed by atoms with E-state index in [0.717, 1.165) is 0 Å². The molecule has 2 aromatic rings. The van der Waals surface area contributed by atoms with E-state index in [-0.39, 0.29) is 6.61 Å². The summed E-state index contributed by atoms with van der Waals surface area (Å²) in [6.45, 7) is 3.51. The number of aromatic nitrogens is 4. The van der Waals surface area contributed by atoms with E-state index in [1.807, 2.05) is 22.6 Å². The fourth-order valence-electron chi connectivity index (χ4n) is 3.17. The number of esters is 3. The third kappa shape index (κ3) is 4.61. The Morgan fingerprint density at radius 2 is 1.80 bits per heavy atom. The van der Waals surface area contributed by atoms with Gasteiger partial charge in [-0.2, -0.15) is 0 Å². The minimum atomic E-state index is -1.02. The number of fused-ring (bicyclic) bond motifs is 1. The molecule has 0 radical (unpaired) electrons. The first kappa shape index (κ1) is 22.1. The quantitative estimate of drug-likeness (QED) is 0.244. The molecule has 12 nitrogen and oxygen atoms in total. The molecule has 0 spiro atoms. The highest BCUT2D eigenvalue weighted by Gasteiger charge is 2.51. The topological polar surface area (TPSA) is 144 Å². The van der Waals surface area contributed by atoms with Crippen LogP contribution >= 0.6 is 22.6 Å². The molecule has 3 rings (SSSR count). The number of hydrogen-bond acceptors (Lipinski definition) is 11. The highest BCUT2D eigenvalue weighted by Crippen LogP contribution is 2.36. The first-order chi connectivity index (χ1) is 14.2. The van der Waals surface area contributed by atoms with Crippen molar-refractivity contribution >= 4 is 57.5 Å². The maximum Gasteiger partial charge on any atom is 0.303 e. The molecular weight excluding hydrogens is 513 g/mol. The lowest BCUT2D eigenvalue weighted by Crippen LogP contribution is -2.40. The van der Waals surface area contributed by atoms with E-state index in [2.05, 4.69) is 20.3 Å². The summed E-state index contributed by atoms with van der Waals surface area (Å²) in [7, 11) is 1.70. The molecule has 0 bridgehead atoms. The van der Waals surface area contributed by atoms with Gasteiger partial charge in [-0.05, 0) is 0 Å². The van der Waals surface area contributed by atoms with E-state index >= 15 is 0 Å². The molecule has 0 aliphatic carbocycles. The molecule has 1 fully saturated rings. The number of imidazole rings is 1. The molecule has 4 atom stereocenters. The predicted octanol–water partition coefficient (Wildman–Crippen LogP) is 0.796. The third-order valence-electron chi connectivity index (χ3n) is 4.25. The van der Waals surface area contributed by atoms with Gasteiger partial charge in [0, 0.05) is 50.4 Å². The zero-order valence-corrected chi connectivity index (χ0v) is 18.8. The number of nitrogens with one attached hydrogen (secondary N) is 1. The van der Waals surface area contributed by atoms with Crippen molar-refractivity contribution in [3.63, 3.8) is 0 Å². The second-order valence-electron chi connectivity index (χ2n) is 6.43. The second kappa shape index (κ2) is 9.07. The van der Waals surface area contributed by atoms with Crippen molar-refractivity contribution in [2.75, 3.05) is 19.0 Å². The molecule has 2 aromatic heterocycles. The predicted molar refractivity (Wildman–Crippen MR) is 109 cm³/mol. The number of rotatable bonds is 6. The van der Waals surface area contributed by atoms with Gasteiger partial charge in [-0.3, -0.25) is 19.0 Å². The lowest BCUT2D eigenvalue weighted by molar-refractivity contribution is -0.166. The van der Waals surface area contributed by atoms with E-state index in [1.54, 1.807) is 11.6 Å². The molecule has 0 saturated carbocycles. The van der Waals surface area contributed by atoms with Gasteiger partial charge in [0.25, 0.3) is 0 Å². The summed E-state index contributed by atoms with van der Waals surface area (Å²) in [6.07, 6.45) is -2.35. The standard InChI is InChI=1S/C17H20IN5O7/c1-7(24)27-5-10-12(28-8(2)25)13(29-9(3)26)16(30-10)23-6-20-11-14(19-4)21-17(18)22-15(11)23/h6,10,12-13,16H,5H2,1-4H3,(H,19,21,22)/t10-,12+,13+,16+/m0/s1. The van der Waals surface area contributed by atoms with Crippen LogP contribution < -0.4 is 5.32 Å². The summed E-state index contributed by atoms with van der Waals surface area (Å²) >= 11 is 1.97. The molecule has 13 heteroatoms. The van der Waals surface area contributed by atoms with Gasteiger partial charge in [-0.1, -0.05) is 0 Å². The highest BCUT2D eigenvalue weighted by atomic mass is 127. The Labute approximate surface area is 184 Å². The van der Waals surface area contributed by atoms with Crippen molar-refractivity contribution in [3.8, 4) is 0 Å². The third-order valence-corrected chi connectivity index (χ3v) is 4.73. The largest absolute Gasteiger partial charge is 0.463 e. The Morgan fingerprint density at radius 1 is 1.13 bits per heavy atom. The monoisotopic (exact) mass is 533 g/mol. The SMILES string of the molecule is CNc1nc(I)nc2c1ncn2[C@@H]1O[C@@H](COC(C)=O)[C@@H](OC(C)=O)[C@H]1OC(C)=O. The summed E-state index contributed by atoms with van der Waals surface area (Å²) in [5, 5.41) is 2.95. The van der Waals surface area contributed by atoms with Crippen LogP contribution in [0.2, 0.25) is 0 Å². The van der Waals surface area contributed by atoms with Crippen LogP contribution in [0.5, 0.6) is 0 Å². The van der Waals surface area contributed by atoms with Crippen LogP contribution in [0, 0.1) is 3.83 Å². The average molecular weight is 533 g/mol. The van der Waals surface area contributed by atoms with Gasteiger partial charge in [0.15, 0.2) is 39.2 Å². The van der Waals surface area contributed by atoms with Crippen molar-refractivity contribution in [1.29, 1.82) is 0 Å². The van der Waals surface area contributed by atoms with Gasteiger partial charge in [-0.15, -0.1) is 0 Å². The normalized spacial score (nSPS) is 23.2. The van der Waals surface area contributed by atoms with E-state index in [4.69, 9.17) is 18.9 Å². The smallest absolute Gasteiger partial charge is 0.303 e. The van der Waals surface area contributed by atoms with E-state index in [0.29, 0.717) is 20.8 Å². The van der Waals surface area contributed by atoms with Crippen LogP contribution in [0.25, 0.3) is 11.2 Å². The van der Waals surface area contributed by atoms with Gasteiger partial charge in [0.05, 0.1) is 6.33 Å². The van der Waals surface area contributed by atoms with Crippen LogP contribution in [-0.2, 0) is 33.3 Å². The van der Waals surface area contributed by atoms with Gasteiger partial charge in [0.2, 0.25) is 0 Å². The number of hydrogen-bond donors (Lipinski definition) is 1. The Morgan fingerprint density at radius 3 is 2.40 bits per heavy atom. The first-order valence-electron chi connectivity index (χ1n) is 8.92. The number of ether oxygens (including phenoxy) is 4. The Hall–Kier alpha value is -2.55. The summed E-state index contributed by atoms with van der Waals surface area (Å²) in [5.41, 5.74) is 0.908. The Bertz CT molecular complexity index is 981. The molecule has 0 unspecified atom stereocenters. The van der Waals surface area contributed by atoms with Gasteiger partial charge in [0.1, 0.15) is 12.7 Å². The summed E-state index contributed by atoms with van der Waals surface area (Å²) < 4.78 is 23.9. The molecule has 0 amide bonds. The molecule has 3 heterocycles. The molecule has 1 aliphatic heterocycles. The van der Waals surface area contributed by atoms with Crippen LogP contribution in [0.3, 0.4) is 0 Å². The summed E-state index contributed by atoms with van der Waals surface area (Å²) in [5.74, 6) is -1.21. The van der Waals surface area contributed by atoms with Crippen molar-refractivity contribution in [1.82, 2.24) is 19.5 Å². The highest BCUT2D eigenvalue weighted by molar-refractivity contribution is 14.1. The number of halogens is 1. The molecule has 0 aromatic carbocycles. The summed E-state index contributed by atoms with van der Waals surface area (Å²) in [6, 6.07) is 0. The van der Waals surface area contributed by atoms with E-state index < -0.39 is 42.4 Å². The zero-order chi connectivity index (χ0) is 22.0. The van der Waals surface area contributed by atoms with Gasteiger partial charge >= 0.3 is 17.9 Å². The molecular formula is C17H20IN5O7. The van der Waals surface area contributed by atoms with Crippen molar-refractivity contribution < 1.29 is 33.3 Å².